The molecule has 0 radical (unpaired) electrons. The fraction of sp³-hybridized carbons (Fsp3) is 0.545. The highest BCUT2D eigenvalue weighted by Gasteiger charge is 2.24. The number of carbonyl (C=O) groups excluding carboxylic acids is 1. The van der Waals surface area contributed by atoms with E-state index in [0.717, 1.165) is 11.3 Å². The summed E-state index contributed by atoms with van der Waals surface area (Å²) in [6.45, 7) is 3.11. The van der Waals surface area contributed by atoms with Crippen LogP contribution in [0.4, 0.5) is 0 Å². The number of nitrogens with one attached hydrogen (secondary N) is 1. The van der Waals surface area contributed by atoms with E-state index in [0.29, 0.717) is 5.69 Å². The lowest BCUT2D eigenvalue weighted by Gasteiger charge is -2.15. The van der Waals surface area contributed by atoms with Crippen LogP contribution in [0, 0.1) is 6.92 Å². The number of carboxylic acids is 1. The summed E-state index contributed by atoms with van der Waals surface area (Å²) >= 11 is 0.836. The van der Waals surface area contributed by atoms with Crippen LogP contribution >= 0.6 is 11.3 Å². The summed E-state index contributed by atoms with van der Waals surface area (Å²) in [5.74, 6) is -1.33. The van der Waals surface area contributed by atoms with Crippen LogP contribution in [0.15, 0.2) is 0 Å². The number of carbonyl (C=O) groups is 2. The molecular formula is C11H16N2O5S. The summed E-state index contributed by atoms with van der Waals surface area (Å²) in [4.78, 5) is 25.5. The number of thiazole rings is 1. The Morgan fingerprint density at radius 3 is 2.53 bits per heavy atom. The molecule has 0 saturated heterocycles. The predicted molar refractivity (Wildman–Crippen MR) is 68.1 cm³/mol. The molecule has 1 heterocycles. The lowest BCUT2D eigenvalue weighted by atomic mass is 10.1. The Bertz CT molecular complexity index is 474. The Kier molecular flexibility index (Phi) is 5.40. The van der Waals surface area contributed by atoms with E-state index in [4.69, 9.17) is 5.11 Å². The largest absolute Gasteiger partial charge is 0.477 e. The van der Waals surface area contributed by atoms with Gasteiger partial charge in [-0.25, -0.2) is 9.78 Å². The number of nitrogens with zero attached hydrogens (tertiary/aromatic N) is 1. The quantitative estimate of drug-likeness (QED) is 0.588. The minimum atomic E-state index is -1.26. The molecule has 7 nitrogen and oxygen atoms in total. The van der Waals surface area contributed by atoms with E-state index in [-0.39, 0.29) is 28.8 Å². The van der Waals surface area contributed by atoms with Crippen molar-refractivity contribution in [2.45, 2.75) is 32.5 Å². The van der Waals surface area contributed by atoms with Gasteiger partial charge in [-0.1, -0.05) is 0 Å². The van der Waals surface area contributed by atoms with Crippen molar-refractivity contribution in [1.82, 2.24) is 10.3 Å². The van der Waals surface area contributed by atoms with Gasteiger partial charge in [0.05, 0.1) is 11.8 Å². The predicted octanol–water partition coefficient (Wildman–Crippen LogP) is 0.0702. The van der Waals surface area contributed by atoms with E-state index in [9.17, 15) is 19.8 Å². The van der Waals surface area contributed by atoms with Gasteiger partial charge in [0, 0.05) is 13.5 Å². The number of carboxylic acid groups (broad SMARTS) is 1. The van der Waals surface area contributed by atoms with Crippen molar-refractivity contribution < 1.29 is 24.9 Å². The van der Waals surface area contributed by atoms with E-state index >= 15 is 0 Å². The number of aliphatic hydroxyl groups excluding tert-OH is 2. The van der Waals surface area contributed by atoms with Crippen molar-refractivity contribution in [2.75, 3.05) is 6.54 Å². The smallest absolute Gasteiger partial charge is 0.347 e. The number of aryl methyl sites for hydroxylation is 1. The molecule has 4 N–H and O–H groups in total. The molecule has 0 fully saturated rings. The maximum atomic E-state index is 10.9. The SMILES string of the molecule is CC(=O)NCCC(O)C(O)c1nc(C)c(C(=O)O)s1. The lowest BCUT2D eigenvalue weighted by Crippen LogP contribution is -2.27. The highest BCUT2D eigenvalue weighted by molar-refractivity contribution is 7.13. The molecule has 0 saturated carbocycles. The van der Waals surface area contributed by atoms with Crippen molar-refractivity contribution >= 4 is 23.2 Å². The fourth-order valence-corrected chi connectivity index (χ4v) is 2.41. The van der Waals surface area contributed by atoms with Crippen LogP contribution in [-0.2, 0) is 4.79 Å². The summed E-state index contributed by atoms with van der Waals surface area (Å²) in [6.07, 6.45) is -2.22. The van der Waals surface area contributed by atoms with E-state index in [1.165, 1.54) is 13.8 Å². The molecule has 0 aliphatic carbocycles. The summed E-state index contributed by atoms with van der Waals surface area (Å²) in [6, 6.07) is 0. The van der Waals surface area contributed by atoms with Crippen LogP contribution in [0.2, 0.25) is 0 Å². The van der Waals surface area contributed by atoms with Gasteiger partial charge in [0.1, 0.15) is 16.0 Å². The number of aromatic carboxylic acids is 1. The van der Waals surface area contributed by atoms with Gasteiger partial charge in [-0.3, -0.25) is 4.79 Å². The Morgan fingerprint density at radius 1 is 1.42 bits per heavy atom. The first-order valence-corrected chi connectivity index (χ1v) is 6.45. The molecule has 1 aromatic heterocycles. The number of aromatic nitrogens is 1. The average molecular weight is 288 g/mol. The summed E-state index contributed by atoms with van der Waals surface area (Å²) in [5.41, 5.74) is 0.306. The van der Waals surface area contributed by atoms with E-state index < -0.39 is 18.2 Å². The first-order valence-electron chi connectivity index (χ1n) is 5.64. The third kappa shape index (κ3) is 4.27. The van der Waals surface area contributed by atoms with Crippen LogP contribution in [-0.4, -0.2) is 44.8 Å². The van der Waals surface area contributed by atoms with Crippen molar-refractivity contribution in [3.8, 4) is 0 Å². The monoisotopic (exact) mass is 288 g/mol. The van der Waals surface area contributed by atoms with Crippen molar-refractivity contribution in [3.63, 3.8) is 0 Å². The topological polar surface area (TPSA) is 120 Å². The minimum absolute atomic E-state index is 0.0445. The Hall–Kier alpha value is -1.51. The second-order valence-corrected chi connectivity index (χ2v) is 5.09. The van der Waals surface area contributed by atoms with Gasteiger partial charge in [0.2, 0.25) is 5.91 Å². The third-order valence-electron chi connectivity index (χ3n) is 2.44. The molecule has 0 spiro atoms. The molecule has 2 atom stereocenters. The molecule has 8 heteroatoms. The van der Waals surface area contributed by atoms with Crippen LogP contribution in [0.3, 0.4) is 0 Å². The molecule has 0 bridgehead atoms. The van der Waals surface area contributed by atoms with Crippen LogP contribution < -0.4 is 5.32 Å². The van der Waals surface area contributed by atoms with Gasteiger partial charge in [-0.05, 0) is 13.3 Å². The first kappa shape index (κ1) is 15.5. The van der Waals surface area contributed by atoms with E-state index in [2.05, 4.69) is 10.3 Å². The minimum Gasteiger partial charge on any atom is -0.477 e. The molecule has 106 valence electrons. The van der Waals surface area contributed by atoms with E-state index in [1.807, 2.05) is 0 Å². The number of hydrogen-bond acceptors (Lipinski definition) is 6. The van der Waals surface area contributed by atoms with Gasteiger partial charge in [-0.15, -0.1) is 11.3 Å². The summed E-state index contributed by atoms with van der Waals surface area (Å²) in [7, 11) is 0. The highest BCUT2D eigenvalue weighted by atomic mass is 32.1. The number of rotatable bonds is 6. The number of amides is 1. The van der Waals surface area contributed by atoms with Gasteiger partial charge in [-0.2, -0.15) is 0 Å². The molecule has 19 heavy (non-hydrogen) atoms. The lowest BCUT2D eigenvalue weighted by molar-refractivity contribution is -0.119. The Balaban J connectivity index is 2.66. The van der Waals surface area contributed by atoms with Gasteiger partial charge < -0.3 is 20.6 Å². The number of hydrogen-bond donors (Lipinski definition) is 4. The van der Waals surface area contributed by atoms with Crippen LogP contribution in [0.5, 0.6) is 0 Å². The van der Waals surface area contributed by atoms with Crippen molar-refractivity contribution in [3.05, 3.63) is 15.6 Å². The van der Waals surface area contributed by atoms with Gasteiger partial charge in [0.15, 0.2) is 0 Å². The second-order valence-electron chi connectivity index (χ2n) is 4.06. The van der Waals surface area contributed by atoms with Crippen LogP contribution in [0.25, 0.3) is 0 Å². The average Bonchev–Trinajstić information content (AvgIpc) is 2.69. The zero-order valence-electron chi connectivity index (χ0n) is 10.6. The molecular weight excluding hydrogens is 272 g/mol. The van der Waals surface area contributed by atoms with Gasteiger partial charge in [0.25, 0.3) is 0 Å². The maximum Gasteiger partial charge on any atom is 0.347 e. The molecule has 1 amide bonds. The standard InChI is InChI=1S/C11H16N2O5S/c1-5-9(11(17)18)19-10(13-5)8(16)7(15)3-4-12-6(2)14/h7-8,15-16H,3-4H2,1-2H3,(H,12,14)(H,17,18). The molecule has 2 unspecified atom stereocenters. The molecule has 1 aromatic rings. The number of aliphatic hydroxyl groups is 2. The second kappa shape index (κ2) is 6.60. The third-order valence-corrected chi connectivity index (χ3v) is 3.65. The molecule has 0 aromatic carbocycles. The van der Waals surface area contributed by atoms with Crippen molar-refractivity contribution in [2.24, 2.45) is 0 Å². The van der Waals surface area contributed by atoms with Crippen LogP contribution in [0.1, 0.15) is 39.8 Å². The Morgan fingerprint density at radius 2 is 2.05 bits per heavy atom. The molecule has 0 aliphatic rings. The normalized spacial score (nSPS) is 13.9. The molecule has 0 aliphatic heterocycles. The highest BCUT2D eigenvalue weighted by Crippen LogP contribution is 2.26. The molecule has 1 rings (SSSR count). The first-order chi connectivity index (χ1) is 8.82. The zero-order chi connectivity index (χ0) is 14.6. The summed E-state index contributed by atoms with van der Waals surface area (Å²) in [5, 5.41) is 31.1. The fourth-order valence-electron chi connectivity index (χ4n) is 1.46. The maximum absolute atomic E-state index is 10.9. The Labute approximate surface area is 113 Å². The van der Waals surface area contributed by atoms with E-state index in [1.54, 1.807) is 0 Å². The zero-order valence-corrected chi connectivity index (χ0v) is 11.4. The van der Waals surface area contributed by atoms with Crippen molar-refractivity contribution in [1.29, 1.82) is 0 Å². The summed E-state index contributed by atoms with van der Waals surface area (Å²) < 4.78 is 0. The van der Waals surface area contributed by atoms with Gasteiger partial charge >= 0.3 is 5.97 Å².